The number of hydrogen-bond donors (Lipinski definition) is 1. The molecule has 0 atom stereocenters. The minimum absolute atomic E-state index is 0.0585. The van der Waals surface area contributed by atoms with E-state index in [0.717, 1.165) is 11.6 Å². The summed E-state index contributed by atoms with van der Waals surface area (Å²) in [5.41, 5.74) is 1.15. The van der Waals surface area contributed by atoms with Crippen LogP contribution in [0.25, 0.3) is 6.08 Å². The van der Waals surface area contributed by atoms with Crippen LogP contribution >= 0.6 is 0 Å². The maximum atomic E-state index is 13.3. The summed E-state index contributed by atoms with van der Waals surface area (Å²) in [6.07, 6.45) is 5.40. The van der Waals surface area contributed by atoms with E-state index in [1.165, 1.54) is 36.7 Å². The molecule has 0 aliphatic heterocycles. The molecule has 9 heteroatoms. The first-order valence-corrected chi connectivity index (χ1v) is 9.83. The van der Waals surface area contributed by atoms with Gasteiger partial charge in [-0.25, -0.2) is 13.2 Å². The number of carboxylic acid groups (broad SMARTS) is 1. The highest BCUT2D eigenvalue weighted by Crippen LogP contribution is 2.37. The van der Waals surface area contributed by atoms with Crippen LogP contribution in [0, 0.1) is 0 Å². The third-order valence-electron chi connectivity index (χ3n) is 3.96. The van der Waals surface area contributed by atoms with Crippen LogP contribution in [0.1, 0.15) is 18.1 Å². The van der Waals surface area contributed by atoms with Crippen LogP contribution in [0.3, 0.4) is 0 Å². The molecule has 28 heavy (non-hydrogen) atoms. The molecule has 0 amide bonds. The number of carboxylic acids is 1. The Labute approximate surface area is 164 Å². The standard InChI is InChI=1S/C19H22N2O6S/c1-4-21(13-14-7-9-20-10-8-14)28(24,25)17-12-15(5-6-18(22)23)11-16(26-2)19(17)27-3/h5-12H,4,13H2,1-3H3,(H,22,23). The number of benzene rings is 1. The smallest absolute Gasteiger partial charge is 0.328 e. The Morgan fingerprint density at radius 2 is 1.89 bits per heavy atom. The summed E-state index contributed by atoms with van der Waals surface area (Å²) >= 11 is 0. The van der Waals surface area contributed by atoms with Gasteiger partial charge in [0.1, 0.15) is 4.90 Å². The number of ether oxygens (including phenoxy) is 2. The normalized spacial score (nSPS) is 11.7. The maximum absolute atomic E-state index is 13.3. The first-order chi connectivity index (χ1) is 13.3. The minimum Gasteiger partial charge on any atom is -0.493 e. The van der Waals surface area contributed by atoms with E-state index in [-0.39, 0.29) is 29.5 Å². The number of sulfonamides is 1. The van der Waals surface area contributed by atoms with E-state index < -0.39 is 16.0 Å². The summed E-state index contributed by atoms with van der Waals surface area (Å²) in [6, 6.07) is 6.35. The number of rotatable bonds is 9. The lowest BCUT2D eigenvalue weighted by molar-refractivity contribution is -0.131. The van der Waals surface area contributed by atoms with Gasteiger partial charge in [0.25, 0.3) is 0 Å². The molecule has 150 valence electrons. The number of carbonyl (C=O) groups is 1. The molecule has 8 nitrogen and oxygen atoms in total. The lowest BCUT2D eigenvalue weighted by atomic mass is 10.2. The predicted molar refractivity (Wildman–Crippen MR) is 104 cm³/mol. The fourth-order valence-corrected chi connectivity index (χ4v) is 4.24. The topological polar surface area (TPSA) is 106 Å². The van der Waals surface area contributed by atoms with Gasteiger partial charge in [0, 0.05) is 31.6 Å². The highest BCUT2D eigenvalue weighted by atomic mass is 32.2. The van der Waals surface area contributed by atoms with E-state index in [0.29, 0.717) is 5.56 Å². The maximum Gasteiger partial charge on any atom is 0.328 e. The molecule has 1 heterocycles. The van der Waals surface area contributed by atoms with Crippen LogP contribution in [-0.4, -0.2) is 49.5 Å². The van der Waals surface area contributed by atoms with E-state index in [9.17, 15) is 13.2 Å². The van der Waals surface area contributed by atoms with Gasteiger partial charge in [-0.05, 0) is 41.5 Å². The van der Waals surface area contributed by atoms with Crippen molar-refractivity contribution in [2.45, 2.75) is 18.4 Å². The van der Waals surface area contributed by atoms with Gasteiger partial charge < -0.3 is 14.6 Å². The molecule has 1 N–H and O–H groups in total. The number of aromatic nitrogens is 1. The average Bonchev–Trinajstić information content (AvgIpc) is 2.70. The summed E-state index contributed by atoms with van der Waals surface area (Å²) in [5.74, 6) is -0.899. The van der Waals surface area contributed by atoms with E-state index in [1.54, 1.807) is 31.5 Å². The third kappa shape index (κ3) is 4.87. The molecule has 0 aliphatic carbocycles. The summed E-state index contributed by atoms with van der Waals surface area (Å²) in [7, 11) is -1.23. The second kappa shape index (κ2) is 9.34. The number of methoxy groups -OCH3 is 2. The van der Waals surface area contributed by atoms with Crippen molar-refractivity contribution in [3.8, 4) is 11.5 Å². The molecule has 0 saturated carbocycles. The minimum atomic E-state index is -3.96. The van der Waals surface area contributed by atoms with Gasteiger partial charge in [0.15, 0.2) is 11.5 Å². The van der Waals surface area contributed by atoms with Crippen molar-refractivity contribution in [3.05, 3.63) is 53.9 Å². The first kappa shape index (κ1) is 21.4. The van der Waals surface area contributed by atoms with Crippen LogP contribution < -0.4 is 9.47 Å². The Morgan fingerprint density at radius 3 is 2.43 bits per heavy atom. The molecule has 1 aromatic carbocycles. The summed E-state index contributed by atoms with van der Waals surface area (Å²) in [5, 5.41) is 8.85. The molecule has 0 spiro atoms. The van der Waals surface area contributed by atoms with Gasteiger partial charge in [-0.2, -0.15) is 4.31 Å². The van der Waals surface area contributed by atoms with Gasteiger partial charge in [0.05, 0.1) is 14.2 Å². The van der Waals surface area contributed by atoms with Crippen molar-refractivity contribution in [2.75, 3.05) is 20.8 Å². The zero-order valence-electron chi connectivity index (χ0n) is 15.8. The van der Waals surface area contributed by atoms with Crippen LogP contribution in [0.2, 0.25) is 0 Å². The Balaban J connectivity index is 2.57. The Bertz CT molecular complexity index is 958. The lowest BCUT2D eigenvalue weighted by Gasteiger charge is -2.23. The van der Waals surface area contributed by atoms with E-state index in [4.69, 9.17) is 14.6 Å². The van der Waals surface area contributed by atoms with Crippen molar-refractivity contribution >= 4 is 22.1 Å². The van der Waals surface area contributed by atoms with Gasteiger partial charge in [-0.1, -0.05) is 6.92 Å². The van der Waals surface area contributed by atoms with Gasteiger partial charge in [-0.15, -0.1) is 0 Å². The SMILES string of the molecule is CCN(Cc1ccncc1)S(=O)(=O)c1cc(C=CC(=O)O)cc(OC)c1OC. The monoisotopic (exact) mass is 406 g/mol. The summed E-state index contributed by atoms with van der Waals surface area (Å²) in [6.45, 7) is 2.12. The highest BCUT2D eigenvalue weighted by Gasteiger charge is 2.29. The Kier molecular flexibility index (Phi) is 7.13. The predicted octanol–water partition coefficient (Wildman–Crippen LogP) is 2.41. The van der Waals surface area contributed by atoms with Gasteiger partial charge in [0.2, 0.25) is 10.0 Å². The lowest BCUT2D eigenvalue weighted by Crippen LogP contribution is -2.31. The molecule has 0 saturated heterocycles. The molecular formula is C19H22N2O6S. The molecule has 2 aromatic rings. The Hall–Kier alpha value is -2.91. The van der Waals surface area contributed by atoms with Crippen molar-refractivity contribution in [2.24, 2.45) is 0 Å². The Morgan fingerprint density at radius 1 is 1.21 bits per heavy atom. The number of aliphatic carboxylic acids is 1. The summed E-state index contributed by atoms with van der Waals surface area (Å²) < 4.78 is 38.5. The second-order valence-corrected chi connectivity index (χ2v) is 7.62. The van der Waals surface area contributed by atoms with Crippen molar-refractivity contribution in [1.29, 1.82) is 0 Å². The van der Waals surface area contributed by atoms with Crippen molar-refractivity contribution in [1.82, 2.24) is 9.29 Å². The summed E-state index contributed by atoms with van der Waals surface area (Å²) in [4.78, 5) is 14.6. The van der Waals surface area contributed by atoms with Crippen molar-refractivity contribution in [3.63, 3.8) is 0 Å². The molecule has 2 rings (SSSR count). The van der Waals surface area contributed by atoms with Crippen LogP contribution in [-0.2, 0) is 21.4 Å². The quantitative estimate of drug-likeness (QED) is 0.637. The van der Waals surface area contributed by atoms with Crippen LogP contribution in [0.5, 0.6) is 11.5 Å². The zero-order valence-corrected chi connectivity index (χ0v) is 16.6. The van der Waals surface area contributed by atoms with Crippen molar-refractivity contribution < 1.29 is 27.8 Å². The first-order valence-electron chi connectivity index (χ1n) is 8.39. The molecule has 0 fully saturated rings. The number of pyridine rings is 1. The molecule has 1 aromatic heterocycles. The van der Waals surface area contributed by atoms with E-state index >= 15 is 0 Å². The van der Waals surface area contributed by atoms with E-state index in [2.05, 4.69) is 4.98 Å². The van der Waals surface area contributed by atoms with Crippen LogP contribution in [0.15, 0.2) is 47.6 Å². The fraction of sp³-hybridized carbons (Fsp3) is 0.263. The molecule has 0 unspecified atom stereocenters. The second-order valence-electron chi connectivity index (χ2n) is 5.71. The molecule has 0 radical (unpaired) electrons. The fourth-order valence-electron chi connectivity index (χ4n) is 2.60. The van der Waals surface area contributed by atoms with E-state index in [1.807, 2.05) is 0 Å². The average molecular weight is 406 g/mol. The zero-order chi connectivity index (χ0) is 20.7. The largest absolute Gasteiger partial charge is 0.493 e. The number of hydrogen-bond acceptors (Lipinski definition) is 6. The van der Waals surface area contributed by atoms with Gasteiger partial charge >= 0.3 is 5.97 Å². The highest BCUT2D eigenvalue weighted by molar-refractivity contribution is 7.89. The third-order valence-corrected chi connectivity index (χ3v) is 5.89. The number of nitrogens with zero attached hydrogens (tertiary/aromatic N) is 2. The van der Waals surface area contributed by atoms with Gasteiger partial charge in [-0.3, -0.25) is 4.98 Å². The van der Waals surface area contributed by atoms with Crippen LogP contribution in [0.4, 0.5) is 0 Å². The molecular weight excluding hydrogens is 384 g/mol. The molecule has 0 aliphatic rings. The molecule has 0 bridgehead atoms.